The molecule has 0 heterocycles. The lowest BCUT2D eigenvalue weighted by Crippen LogP contribution is -2.40. The first-order chi connectivity index (χ1) is 20.1. The molecule has 10 heteroatoms. The lowest BCUT2D eigenvalue weighted by molar-refractivity contribution is -0.146. The summed E-state index contributed by atoms with van der Waals surface area (Å²) in [6.07, 6.45) is 5.08. The van der Waals surface area contributed by atoms with E-state index in [-0.39, 0.29) is 18.6 Å². The van der Waals surface area contributed by atoms with Crippen molar-refractivity contribution in [2.24, 2.45) is 0 Å². The van der Waals surface area contributed by atoms with Gasteiger partial charge in [-0.15, -0.1) is 0 Å². The molecule has 3 amide bonds. The number of nitrogens with zero attached hydrogens (tertiary/aromatic N) is 1. The van der Waals surface area contributed by atoms with E-state index in [9.17, 15) is 19.5 Å². The number of nitrogens with one attached hydrogen (secondary N) is 2. The number of carbonyl (C=O) groups is 3. The van der Waals surface area contributed by atoms with Gasteiger partial charge in [0.25, 0.3) is 5.91 Å². The van der Waals surface area contributed by atoms with Gasteiger partial charge in [0.15, 0.2) is 6.10 Å². The molecule has 42 heavy (non-hydrogen) atoms. The number of urea groups is 1. The van der Waals surface area contributed by atoms with Crippen molar-refractivity contribution >= 4 is 52.4 Å². The standard InChI is InChI=1S/C32H33Cl2N3O5/c1-20(25-13-16-27(33)28(34)17-25)36-32(42)37(26-14-11-23(12-15-26)22-5-3-2-4-6-22)19-21-7-9-24(10-8-21)30(39)35-18-29(38)31(40)41/h5,7-17,20,29,38H,2-4,6,18-19H2,1H3,(H,35,39)(H,36,42)(H,40,41)/t20?,29-/m1/s1. The van der Waals surface area contributed by atoms with Crippen molar-refractivity contribution in [1.82, 2.24) is 10.6 Å². The number of carboxylic acid groups (broad SMARTS) is 1. The van der Waals surface area contributed by atoms with Crippen molar-refractivity contribution in [2.45, 2.75) is 51.3 Å². The van der Waals surface area contributed by atoms with Gasteiger partial charge in [0, 0.05) is 11.3 Å². The van der Waals surface area contributed by atoms with Crippen molar-refractivity contribution in [3.63, 3.8) is 0 Å². The number of hydrogen-bond donors (Lipinski definition) is 4. The number of hydrogen-bond acceptors (Lipinski definition) is 4. The van der Waals surface area contributed by atoms with Crippen molar-refractivity contribution in [1.29, 1.82) is 0 Å². The molecule has 0 bridgehead atoms. The van der Waals surface area contributed by atoms with Gasteiger partial charge in [0.05, 0.1) is 29.2 Å². The zero-order valence-electron chi connectivity index (χ0n) is 23.1. The van der Waals surface area contributed by atoms with Crippen molar-refractivity contribution in [3.05, 3.63) is 105 Å². The highest BCUT2D eigenvalue weighted by molar-refractivity contribution is 6.42. The van der Waals surface area contributed by atoms with Crippen molar-refractivity contribution < 1.29 is 24.6 Å². The third-order valence-electron chi connectivity index (χ3n) is 7.17. The van der Waals surface area contributed by atoms with Gasteiger partial charge in [0.1, 0.15) is 0 Å². The SMILES string of the molecule is CC(NC(=O)N(Cc1ccc(C(=O)NC[C@@H](O)C(=O)O)cc1)c1ccc(C2=CCCCC2)cc1)c1ccc(Cl)c(Cl)c1. The van der Waals surface area contributed by atoms with Crippen LogP contribution in [0.15, 0.2) is 72.8 Å². The van der Waals surface area contributed by atoms with Crippen LogP contribution in [0.3, 0.4) is 0 Å². The van der Waals surface area contributed by atoms with E-state index in [2.05, 4.69) is 16.7 Å². The Bertz CT molecular complexity index is 1460. The normalized spacial score (nSPS) is 14.3. The minimum atomic E-state index is -1.69. The number of carboxylic acids is 1. The molecule has 0 saturated heterocycles. The van der Waals surface area contributed by atoms with E-state index in [1.165, 1.54) is 18.4 Å². The average Bonchev–Trinajstić information content (AvgIpc) is 3.00. The van der Waals surface area contributed by atoms with Crippen LogP contribution in [0.5, 0.6) is 0 Å². The number of aliphatic hydroxyl groups excluding tert-OH is 1. The highest BCUT2D eigenvalue weighted by Gasteiger charge is 2.21. The molecule has 1 aliphatic rings. The molecule has 8 nitrogen and oxygen atoms in total. The molecule has 0 fully saturated rings. The summed E-state index contributed by atoms with van der Waals surface area (Å²) in [4.78, 5) is 38.5. The number of rotatable bonds is 10. The summed E-state index contributed by atoms with van der Waals surface area (Å²) in [5.74, 6) is -1.93. The van der Waals surface area contributed by atoms with Crippen LogP contribution < -0.4 is 15.5 Å². The van der Waals surface area contributed by atoms with Crippen LogP contribution in [0.25, 0.3) is 5.57 Å². The van der Waals surface area contributed by atoms with Crippen LogP contribution in [-0.2, 0) is 11.3 Å². The van der Waals surface area contributed by atoms with Gasteiger partial charge in [-0.05, 0) is 91.3 Å². The molecular weight excluding hydrogens is 577 g/mol. The molecule has 1 unspecified atom stereocenters. The summed E-state index contributed by atoms with van der Waals surface area (Å²) >= 11 is 12.3. The van der Waals surface area contributed by atoms with Crippen molar-refractivity contribution in [3.8, 4) is 0 Å². The number of carbonyl (C=O) groups excluding carboxylic acids is 2. The number of aliphatic hydroxyl groups is 1. The van der Waals surface area contributed by atoms with Crippen LogP contribution in [-0.4, -0.2) is 40.8 Å². The quantitative estimate of drug-likeness (QED) is 0.206. The molecule has 220 valence electrons. The molecule has 1 aliphatic carbocycles. The van der Waals surface area contributed by atoms with E-state index in [1.807, 2.05) is 37.3 Å². The molecule has 3 aromatic carbocycles. The van der Waals surface area contributed by atoms with Gasteiger partial charge in [-0.1, -0.05) is 59.6 Å². The maximum Gasteiger partial charge on any atom is 0.334 e. The molecule has 0 radical (unpaired) electrons. The zero-order chi connectivity index (χ0) is 30.2. The smallest absolute Gasteiger partial charge is 0.334 e. The largest absolute Gasteiger partial charge is 0.479 e. The number of aliphatic carboxylic acids is 1. The second-order valence-corrected chi connectivity index (χ2v) is 11.0. The Balaban J connectivity index is 1.53. The Morgan fingerprint density at radius 3 is 2.29 bits per heavy atom. The van der Waals surface area contributed by atoms with Gasteiger partial charge in [-0.3, -0.25) is 9.69 Å². The highest BCUT2D eigenvalue weighted by Crippen LogP contribution is 2.29. The van der Waals surface area contributed by atoms with Gasteiger partial charge in [-0.25, -0.2) is 9.59 Å². The summed E-state index contributed by atoms with van der Waals surface area (Å²) in [6, 6.07) is 19.1. The Hall–Kier alpha value is -3.85. The van der Waals surface area contributed by atoms with Crippen molar-refractivity contribution in [2.75, 3.05) is 11.4 Å². The van der Waals surface area contributed by atoms with Crippen LogP contribution in [0.1, 0.15) is 65.7 Å². The molecule has 2 atom stereocenters. The third-order valence-corrected chi connectivity index (χ3v) is 7.91. The van der Waals surface area contributed by atoms with Gasteiger partial charge in [-0.2, -0.15) is 0 Å². The molecule has 3 aromatic rings. The highest BCUT2D eigenvalue weighted by atomic mass is 35.5. The Morgan fingerprint density at radius 1 is 0.952 bits per heavy atom. The molecule has 4 rings (SSSR count). The summed E-state index contributed by atoms with van der Waals surface area (Å²) in [5.41, 5.74) is 5.05. The monoisotopic (exact) mass is 609 g/mol. The molecular formula is C32H33Cl2N3O5. The molecule has 0 spiro atoms. The topological polar surface area (TPSA) is 119 Å². The predicted octanol–water partition coefficient (Wildman–Crippen LogP) is 6.60. The molecule has 0 aliphatic heterocycles. The maximum atomic E-state index is 13.7. The summed E-state index contributed by atoms with van der Waals surface area (Å²) in [7, 11) is 0. The van der Waals surface area contributed by atoms with Crippen LogP contribution >= 0.6 is 23.2 Å². The Kier molecular flexibility index (Phi) is 10.6. The molecule has 0 saturated carbocycles. The minimum Gasteiger partial charge on any atom is -0.479 e. The molecule has 4 N–H and O–H groups in total. The maximum absolute atomic E-state index is 13.7. The van der Waals surface area contributed by atoms with E-state index in [1.54, 1.807) is 41.3 Å². The van der Waals surface area contributed by atoms with E-state index >= 15 is 0 Å². The minimum absolute atomic E-state index is 0.224. The zero-order valence-corrected chi connectivity index (χ0v) is 24.7. The summed E-state index contributed by atoms with van der Waals surface area (Å²) < 4.78 is 0. The second kappa shape index (κ2) is 14.4. The lowest BCUT2D eigenvalue weighted by atomic mass is 9.93. The number of benzene rings is 3. The fourth-order valence-electron chi connectivity index (χ4n) is 4.69. The Morgan fingerprint density at radius 2 is 1.67 bits per heavy atom. The lowest BCUT2D eigenvalue weighted by Gasteiger charge is -2.26. The van der Waals surface area contributed by atoms with E-state index < -0.39 is 24.5 Å². The molecule has 0 aromatic heterocycles. The van der Waals surface area contributed by atoms with Crippen LogP contribution in [0, 0.1) is 0 Å². The first-order valence-electron chi connectivity index (χ1n) is 13.7. The fourth-order valence-corrected chi connectivity index (χ4v) is 4.99. The van der Waals surface area contributed by atoms with E-state index in [4.69, 9.17) is 28.3 Å². The first-order valence-corrected chi connectivity index (χ1v) is 14.5. The van der Waals surface area contributed by atoms with Gasteiger partial charge in [0.2, 0.25) is 0 Å². The van der Waals surface area contributed by atoms with Crippen LogP contribution in [0.4, 0.5) is 10.5 Å². The summed E-state index contributed by atoms with van der Waals surface area (Å²) in [5, 5.41) is 24.5. The van der Waals surface area contributed by atoms with Gasteiger partial charge < -0.3 is 20.8 Å². The van der Waals surface area contributed by atoms with E-state index in [0.717, 1.165) is 29.5 Å². The van der Waals surface area contributed by atoms with Crippen LogP contribution in [0.2, 0.25) is 10.0 Å². The fraction of sp³-hybridized carbons (Fsp3) is 0.281. The third kappa shape index (κ3) is 8.12. The first kappa shape index (κ1) is 31.1. The van der Waals surface area contributed by atoms with E-state index in [0.29, 0.717) is 21.3 Å². The number of halogens is 2. The number of allylic oxidation sites excluding steroid dienone is 2. The second-order valence-electron chi connectivity index (χ2n) is 10.2. The Labute approximate surface area is 254 Å². The number of anilines is 1. The predicted molar refractivity (Wildman–Crippen MR) is 165 cm³/mol. The average molecular weight is 611 g/mol. The summed E-state index contributed by atoms with van der Waals surface area (Å²) in [6.45, 7) is 1.68. The van der Waals surface area contributed by atoms with Gasteiger partial charge >= 0.3 is 12.0 Å². The number of amides is 3.